The molecule has 0 atom stereocenters. The van der Waals surface area contributed by atoms with Gasteiger partial charge in [-0.05, 0) is 36.6 Å². The quantitative estimate of drug-likeness (QED) is 0.899. The second-order valence-corrected chi connectivity index (χ2v) is 4.53. The Morgan fingerprint density at radius 2 is 1.50 bits per heavy atom. The summed E-state index contributed by atoms with van der Waals surface area (Å²) in [5.41, 5.74) is 0.627. The number of halogens is 3. The van der Waals surface area contributed by atoms with Crippen molar-refractivity contribution in [3.05, 3.63) is 58.4 Å². The molecule has 0 saturated carbocycles. The first kappa shape index (κ1) is 14.1. The number of hydrogen-bond acceptors (Lipinski definition) is 1. The Morgan fingerprint density at radius 3 is 2.00 bits per heavy atom. The molecule has 0 aromatic heterocycles. The van der Waals surface area contributed by atoms with Gasteiger partial charge in [0.2, 0.25) is 0 Å². The van der Waals surface area contributed by atoms with Crippen LogP contribution in [0, 0.1) is 31.3 Å². The molecule has 20 heavy (non-hydrogen) atoms. The van der Waals surface area contributed by atoms with Gasteiger partial charge in [0.25, 0.3) is 0 Å². The minimum absolute atomic E-state index is 0.0475. The van der Waals surface area contributed by atoms with Crippen LogP contribution in [0.15, 0.2) is 24.3 Å². The maximum absolute atomic E-state index is 13.8. The largest absolute Gasteiger partial charge is 0.478 e. The van der Waals surface area contributed by atoms with Gasteiger partial charge in [-0.15, -0.1) is 0 Å². The fourth-order valence-corrected chi connectivity index (χ4v) is 2.15. The average molecular weight is 280 g/mol. The molecule has 0 aliphatic carbocycles. The number of hydrogen-bond donors (Lipinski definition) is 1. The molecule has 0 amide bonds. The van der Waals surface area contributed by atoms with E-state index in [2.05, 4.69) is 0 Å². The lowest BCUT2D eigenvalue weighted by Crippen LogP contribution is -2.03. The lowest BCUT2D eigenvalue weighted by molar-refractivity contribution is 0.0696. The van der Waals surface area contributed by atoms with E-state index in [4.69, 9.17) is 5.11 Å². The van der Waals surface area contributed by atoms with Crippen LogP contribution in [0.4, 0.5) is 13.2 Å². The van der Waals surface area contributed by atoms with Gasteiger partial charge in [-0.25, -0.2) is 18.0 Å². The zero-order valence-corrected chi connectivity index (χ0v) is 10.8. The molecule has 0 radical (unpaired) electrons. The lowest BCUT2D eigenvalue weighted by Gasteiger charge is -2.12. The second-order valence-electron chi connectivity index (χ2n) is 4.53. The molecule has 0 aliphatic rings. The van der Waals surface area contributed by atoms with E-state index in [0.29, 0.717) is 23.3 Å². The Hall–Kier alpha value is -2.30. The molecule has 5 heteroatoms. The Balaban J connectivity index is 2.76. The minimum Gasteiger partial charge on any atom is -0.478 e. The van der Waals surface area contributed by atoms with E-state index in [1.54, 1.807) is 13.8 Å². The van der Waals surface area contributed by atoms with Gasteiger partial charge in [0.05, 0.1) is 11.1 Å². The van der Waals surface area contributed by atoms with Crippen molar-refractivity contribution in [2.45, 2.75) is 13.8 Å². The van der Waals surface area contributed by atoms with Crippen LogP contribution in [0.25, 0.3) is 11.1 Å². The van der Waals surface area contributed by atoms with Crippen LogP contribution >= 0.6 is 0 Å². The van der Waals surface area contributed by atoms with Crippen molar-refractivity contribution in [2.24, 2.45) is 0 Å². The van der Waals surface area contributed by atoms with Crippen LogP contribution in [-0.4, -0.2) is 11.1 Å². The first-order chi connectivity index (χ1) is 9.31. The Bertz CT molecular complexity index is 686. The van der Waals surface area contributed by atoms with Crippen LogP contribution in [0.5, 0.6) is 0 Å². The third-order valence-electron chi connectivity index (χ3n) is 3.08. The molecule has 2 rings (SSSR count). The summed E-state index contributed by atoms with van der Waals surface area (Å²) in [5.74, 6) is -4.34. The molecule has 0 fully saturated rings. The molecular weight excluding hydrogens is 269 g/mol. The Kier molecular flexibility index (Phi) is 3.53. The van der Waals surface area contributed by atoms with Gasteiger partial charge in [0, 0.05) is 12.1 Å². The molecule has 2 nitrogen and oxygen atoms in total. The van der Waals surface area contributed by atoms with E-state index >= 15 is 0 Å². The number of carboxylic acid groups (broad SMARTS) is 1. The highest BCUT2D eigenvalue weighted by Crippen LogP contribution is 2.31. The van der Waals surface area contributed by atoms with Crippen molar-refractivity contribution in [3.8, 4) is 11.1 Å². The fraction of sp³-hybridized carbons (Fsp3) is 0.133. The predicted octanol–water partition coefficient (Wildman–Crippen LogP) is 4.09. The minimum atomic E-state index is -1.19. The van der Waals surface area contributed by atoms with Crippen molar-refractivity contribution < 1.29 is 23.1 Å². The standard InChI is InChI=1S/C15H11F3O2/c1-7-3-8(2)11(15(19)20)6-10(7)14-12(17)4-9(16)5-13(14)18/h3-6H,1-2H3,(H,19,20). The van der Waals surface area contributed by atoms with Crippen LogP contribution in [0.2, 0.25) is 0 Å². The molecule has 0 bridgehead atoms. The maximum atomic E-state index is 13.8. The second kappa shape index (κ2) is 5.00. The molecule has 104 valence electrons. The van der Waals surface area contributed by atoms with Crippen molar-refractivity contribution >= 4 is 5.97 Å². The number of carboxylic acids is 1. The first-order valence-electron chi connectivity index (χ1n) is 5.80. The van der Waals surface area contributed by atoms with Crippen LogP contribution < -0.4 is 0 Å². The van der Waals surface area contributed by atoms with Gasteiger partial charge >= 0.3 is 5.97 Å². The van der Waals surface area contributed by atoms with E-state index in [1.807, 2.05) is 0 Å². The van der Waals surface area contributed by atoms with E-state index in [1.165, 1.54) is 12.1 Å². The predicted molar refractivity (Wildman–Crippen MR) is 68.2 cm³/mol. The van der Waals surface area contributed by atoms with Crippen LogP contribution in [0.3, 0.4) is 0 Å². The summed E-state index contributed by atoms with van der Waals surface area (Å²) in [6.07, 6.45) is 0. The van der Waals surface area contributed by atoms with E-state index in [9.17, 15) is 18.0 Å². The number of rotatable bonds is 2. The monoisotopic (exact) mass is 280 g/mol. The van der Waals surface area contributed by atoms with Crippen molar-refractivity contribution in [3.63, 3.8) is 0 Å². The smallest absolute Gasteiger partial charge is 0.335 e. The maximum Gasteiger partial charge on any atom is 0.335 e. The van der Waals surface area contributed by atoms with Gasteiger partial charge in [-0.1, -0.05) is 6.07 Å². The molecule has 0 heterocycles. The molecule has 2 aromatic rings. The number of aromatic carboxylic acids is 1. The van der Waals surface area contributed by atoms with Crippen molar-refractivity contribution in [1.29, 1.82) is 0 Å². The number of carbonyl (C=O) groups is 1. The third kappa shape index (κ3) is 2.39. The summed E-state index contributed by atoms with van der Waals surface area (Å²) in [5, 5.41) is 9.06. The van der Waals surface area contributed by atoms with Gasteiger partial charge in [-0.3, -0.25) is 0 Å². The summed E-state index contributed by atoms with van der Waals surface area (Å²) < 4.78 is 40.5. The molecule has 0 saturated heterocycles. The normalized spacial score (nSPS) is 10.7. The highest BCUT2D eigenvalue weighted by Gasteiger charge is 2.18. The molecule has 0 aliphatic heterocycles. The van der Waals surface area contributed by atoms with E-state index < -0.39 is 29.0 Å². The topological polar surface area (TPSA) is 37.3 Å². The summed E-state index contributed by atoms with van der Waals surface area (Å²) in [7, 11) is 0. The zero-order chi connectivity index (χ0) is 15.0. The molecule has 1 N–H and O–H groups in total. The Labute approximate surface area is 113 Å². The first-order valence-corrected chi connectivity index (χ1v) is 5.80. The molecule has 0 spiro atoms. The van der Waals surface area contributed by atoms with E-state index in [0.717, 1.165) is 0 Å². The van der Waals surface area contributed by atoms with Crippen LogP contribution in [0.1, 0.15) is 21.5 Å². The third-order valence-corrected chi connectivity index (χ3v) is 3.08. The highest BCUT2D eigenvalue weighted by atomic mass is 19.1. The number of benzene rings is 2. The van der Waals surface area contributed by atoms with E-state index in [-0.39, 0.29) is 11.1 Å². The van der Waals surface area contributed by atoms with Gasteiger partial charge < -0.3 is 5.11 Å². The summed E-state index contributed by atoms with van der Waals surface area (Å²) in [4.78, 5) is 11.1. The van der Waals surface area contributed by atoms with Gasteiger partial charge in [-0.2, -0.15) is 0 Å². The lowest BCUT2D eigenvalue weighted by atomic mass is 9.94. The zero-order valence-electron chi connectivity index (χ0n) is 10.8. The summed E-state index contributed by atoms with van der Waals surface area (Å²) in [6.45, 7) is 3.20. The Morgan fingerprint density at radius 1 is 0.950 bits per heavy atom. The molecule has 0 unspecified atom stereocenters. The average Bonchev–Trinajstić information content (AvgIpc) is 2.29. The summed E-state index contributed by atoms with van der Waals surface area (Å²) in [6, 6.07) is 3.86. The SMILES string of the molecule is Cc1cc(C)c(-c2c(F)cc(F)cc2F)cc1C(=O)O. The van der Waals surface area contributed by atoms with Crippen molar-refractivity contribution in [2.75, 3.05) is 0 Å². The van der Waals surface area contributed by atoms with Crippen molar-refractivity contribution in [1.82, 2.24) is 0 Å². The molecular formula is C15H11F3O2. The summed E-state index contributed by atoms with van der Waals surface area (Å²) >= 11 is 0. The highest BCUT2D eigenvalue weighted by molar-refractivity contribution is 5.91. The van der Waals surface area contributed by atoms with Crippen LogP contribution in [-0.2, 0) is 0 Å². The number of aryl methyl sites for hydroxylation is 2. The van der Waals surface area contributed by atoms with Gasteiger partial charge in [0.1, 0.15) is 17.5 Å². The fourth-order valence-electron chi connectivity index (χ4n) is 2.15. The van der Waals surface area contributed by atoms with Gasteiger partial charge in [0.15, 0.2) is 0 Å². The molecule has 2 aromatic carbocycles.